The van der Waals surface area contributed by atoms with Gasteiger partial charge in [0.25, 0.3) is 0 Å². The van der Waals surface area contributed by atoms with Gasteiger partial charge in [0, 0.05) is 11.2 Å². The van der Waals surface area contributed by atoms with E-state index in [-0.39, 0.29) is 31.0 Å². The predicted octanol–water partition coefficient (Wildman–Crippen LogP) is 1.82. The number of carboxylic acids is 1. The van der Waals surface area contributed by atoms with Gasteiger partial charge >= 0.3 is 5.97 Å². The van der Waals surface area contributed by atoms with E-state index in [0.29, 0.717) is 6.42 Å². The monoisotopic (exact) mass is 209 g/mol. The lowest BCUT2D eigenvalue weighted by Gasteiger charge is -2.23. The maximum atomic E-state index is 12.3. The topological polar surface area (TPSA) is 63.3 Å². The van der Waals surface area contributed by atoms with Gasteiger partial charge in [-0.2, -0.15) is 3.89 Å². The summed E-state index contributed by atoms with van der Waals surface area (Å²) in [6.07, 6.45) is 0.497. The summed E-state index contributed by atoms with van der Waals surface area (Å²) < 4.78 is 11.8. The zero-order valence-corrected chi connectivity index (χ0v) is 8.73. The molecule has 0 bridgehead atoms. The van der Waals surface area contributed by atoms with E-state index in [2.05, 4.69) is 0 Å². The Morgan fingerprint density at radius 1 is 1.69 bits per heavy atom. The second-order valence-corrected chi connectivity index (χ2v) is 5.00. The average Bonchev–Trinajstić information content (AvgIpc) is 2.02. The minimum absolute atomic E-state index is 0.0144. The minimum atomic E-state index is -0.880. The van der Waals surface area contributed by atoms with Crippen LogP contribution in [0.3, 0.4) is 0 Å². The zero-order valence-electron chi connectivity index (χ0n) is 7.92. The first-order chi connectivity index (χ1) is 5.91. The van der Waals surface area contributed by atoms with Crippen LogP contribution in [0.1, 0.15) is 26.7 Å². The third-order valence-electron chi connectivity index (χ3n) is 1.79. The largest absolute Gasteiger partial charge is 0.481 e. The van der Waals surface area contributed by atoms with Crippen LogP contribution in [0.2, 0.25) is 0 Å². The Kier molecular flexibility index (Phi) is 5.32. The van der Waals surface area contributed by atoms with Crippen LogP contribution in [0, 0.1) is 5.92 Å². The van der Waals surface area contributed by atoms with Crippen LogP contribution in [0.25, 0.3) is 0 Å². The molecule has 78 valence electrons. The Labute approximate surface area is 82.2 Å². The lowest BCUT2D eigenvalue weighted by atomic mass is 9.94. The molecule has 0 radical (unpaired) electrons. The zero-order chi connectivity index (χ0) is 10.5. The number of halogens is 1. The smallest absolute Gasteiger partial charge is 0.303 e. The van der Waals surface area contributed by atoms with Crippen LogP contribution in [0.5, 0.6) is 0 Å². The van der Waals surface area contributed by atoms with E-state index in [0.717, 1.165) is 0 Å². The summed E-state index contributed by atoms with van der Waals surface area (Å²) in [5, 5.41) is 8.53. The van der Waals surface area contributed by atoms with Crippen molar-refractivity contribution in [1.29, 1.82) is 0 Å². The molecular formula is C8H16FNO2S. The standard InChI is InChI=1S/C8H16FNO2S/c1-8(2,13-9)4-6(5-10)3-7(11)12/h6H,3-5,10H2,1-2H3,(H,11,12). The number of carboxylic acid groups (broad SMARTS) is 1. The van der Waals surface area contributed by atoms with Gasteiger partial charge in [-0.1, -0.05) is 0 Å². The summed E-state index contributed by atoms with van der Waals surface area (Å²) in [5.41, 5.74) is 5.39. The molecule has 0 aromatic carbocycles. The maximum Gasteiger partial charge on any atom is 0.303 e. The van der Waals surface area contributed by atoms with Gasteiger partial charge in [-0.05, 0) is 32.7 Å². The number of aliphatic carboxylic acids is 1. The summed E-state index contributed by atoms with van der Waals surface area (Å²) in [5.74, 6) is -1.02. The third kappa shape index (κ3) is 5.87. The van der Waals surface area contributed by atoms with Crippen LogP contribution in [0.15, 0.2) is 0 Å². The van der Waals surface area contributed by atoms with Crippen LogP contribution in [-0.4, -0.2) is 22.4 Å². The Morgan fingerprint density at radius 2 is 2.23 bits per heavy atom. The Hall–Kier alpha value is -0.290. The Balaban J connectivity index is 4.04. The molecular weight excluding hydrogens is 193 g/mol. The van der Waals surface area contributed by atoms with Crippen LogP contribution >= 0.6 is 12.1 Å². The van der Waals surface area contributed by atoms with Crippen molar-refractivity contribution in [2.24, 2.45) is 11.7 Å². The predicted molar refractivity (Wildman–Crippen MR) is 52.2 cm³/mol. The number of hydrogen-bond donors (Lipinski definition) is 2. The number of rotatable bonds is 6. The highest BCUT2D eigenvalue weighted by atomic mass is 32.2. The molecule has 0 heterocycles. The van der Waals surface area contributed by atoms with Gasteiger partial charge in [-0.3, -0.25) is 4.79 Å². The molecule has 0 aromatic heterocycles. The van der Waals surface area contributed by atoms with Crippen LogP contribution < -0.4 is 5.73 Å². The minimum Gasteiger partial charge on any atom is -0.481 e. The quantitative estimate of drug-likeness (QED) is 0.700. The number of nitrogens with two attached hydrogens (primary N) is 1. The summed E-state index contributed by atoms with van der Waals surface area (Å²) in [6.45, 7) is 3.76. The van der Waals surface area contributed by atoms with E-state index in [1.807, 2.05) is 0 Å². The second-order valence-electron chi connectivity index (χ2n) is 3.74. The van der Waals surface area contributed by atoms with Gasteiger partial charge in [0.15, 0.2) is 0 Å². The highest BCUT2D eigenvalue weighted by Gasteiger charge is 2.25. The Morgan fingerprint density at radius 3 is 2.54 bits per heavy atom. The van der Waals surface area contributed by atoms with Crippen molar-refractivity contribution in [3.05, 3.63) is 0 Å². The average molecular weight is 209 g/mol. The van der Waals surface area contributed by atoms with E-state index in [9.17, 15) is 8.68 Å². The van der Waals surface area contributed by atoms with E-state index in [1.165, 1.54) is 0 Å². The first-order valence-corrected chi connectivity index (χ1v) is 4.84. The molecule has 3 nitrogen and oxygen atoms in total. The van der Waals surface area contributed by atoms with Crippen molar-refractivity contribution >= 4 is 18.1 Å². The number of carbonyl (C=O) groups is 1. The molecule has 0 fully saturated rings. The van der Waals surface area contributed by atoms with Gasteiger partial charge < -0.3 is 10.8 Å². The molecule has 1 unspecified atom stereocenters. The molecule has 0 aliphatic heterocycles. The molecule has 5 heteroatoms. The summed E-state index contributed by atoms with van der Waals surface area (Å²) in [6, 6.07) is 0. The van der Waals surface area contributed by atoms with Gasteiger partial charge in [0.1, 0.15) is 0 Å². The molecule has 0 spiro atoms. The van der Waals surface area contributed by atoms with E-state index in [4.69, 9.17) is 10.8 Å². The molecule has 13 heavy (non-hydrogen) atoms. The van der Waals surface area contributed by atoms with E-state index >= 15 is 0 Å². The van der Waals surface area contributed by atoms with Gasteiger partial charge in [-0.15, -0.1) is 0 Å². The molecule has 0 rings (SSSR count). The molecule has 0 amide bonds. The molecule has 0 aliphatic rings. The normalized spacial score (nSPS) is 14.2. The van der Waals surface area contributed by atoms with Gasteiger partial charge in [-0.25, -0.2) is 0 Å². The SMILES string of the molecule is CC(C)(CC(CN)CC(=O)O)SF. The van der Waals surface area contributed by atoms with E-state index in [1.54, 1.807) is 13.8 Å². The molecule has 3 N–H and O–H groups in total. The fourth-order valence-electron chi connectivity index (χ4n) is 1.21. The van der Waals surface area contributed by atoms with Crippen molar-refractivity contribution in [3.8, 4) is 0 Å². The van der Waals surface area contributed by atoms with Crippen molar-refractivity contribution in [3.63, 3.8) is 0 Å². The highest BCUT2D eigenvalue weighted by molar-refractivity contribution is 7.95. The Bertz CT molecular complexity index is 176. The van der Waals surface area contributed by atoms with Gasteiger partial charge in [0.2, 0.25) is 0 Å². The molecule has 0 saturated carbocycles. The number of hydrogen-bond acceptors (Lipinski definition) is 3. The lowest BCUT2D eigenvalue weighted by molar-refractivity contribution is -0.138. The summed E-state index contributed by atoms with van der Waals surface area (Å²) in [4.78, 5) is 10.4. The van der Waals surface area contributed by atoms with Crippen molar-refractivity contribution in [2.45, 2.75) is 31.4 Å². The molecule has 0 saturated heterocycles. The fourth-order valence-corrected chi connectivity index (χ4v) is 1.51. The van der Waals surface area contributed by atoms with Crippen molar-refractivity contribution in [1.82, 2.24) is 0 Å². The molecule has 0 aliphatic carbocycles. The van der Waals surface area contributed by atoms with Crippen LogP contribution in [-0.2, 0) is 4.79 Å². The highest BCUT2D eigenvalue weighted by Crippen LogP contribution is 2.32. The lowest BCUT2D eigenvalue weighted by Crippen LogP contribution is -2.26. The van der Waals surface area contributed by atoms with Crippen LogP contribution in [0.4, 0.5) is 3.89 Å². The molecule has 0 aromatic rings. The van der Waals surface area contributed by atoms with Gasteiger partial charge in [0.05, 0.1) is 12.1 Å². The van der Waals surface area contributed by atoms with Crippen molar-refractivity contribution < 1.29 is 13.8 Å². The van der Waals surface area contributed by atoms with Crippen molar-refractivity contribution in [2.75, 3.05) is 6.54 Å². The summed E-state index contributed by atoms with van der Waals surface area (Å²) >= 11 is 0.249. The third-order valence-corrected chi connectivity index (χ3v) is 2.37. The fraction of sp³-hybridized carbons (Fsp3) is 0.875. The summed E-state index contributed by atoms with van der Waals surface area (Å²) in [7, 11) is 0. The first-order valence-electron chi connectivity index (χ1n) is 4.13. The molecule has 1 atom stereocenters. The maximum absolute atomic E-state index is 12.3. The first kappa shape index (κ1) is 12.7. The van der Waals surface area contributed by atoms with E-state index < -0.39 is 10.7 Å². The second kappa shape index (κ2) is 5.44.